The highest BCUT2D eigenvalue weighted by molar-refractivity contribution is 5.07. The van der Waals surface area contributed by atoms with Crippen molar-refractivity contribution in [3.63, 3.8) is 0 Å². The summed E-state index contributed by atoms with van der Waals surface area (Å²) in [5.41, 5.74) is 0. The quantitative estimate of drug-likeness (QED) is 0.713. The molecule has 3 aromatic rings. The highest BCUT2D eigenvalue weighted by atomic mass is 16.3. The average molecular weight is 340 g/mol. The third-order valence-electron chi connectivity index (χ3n) is 4.93. The van der Waals surface area contributed by atoms with Crippen LogP contribution in [0.3, 0.4) is 0 Å². The minimum absolute atomic E-state index is 0.416. The summed E-state index contributed by atoms with van der Waals surface area (Å²) in [6.45, 7) is 5.66. The third kappa shape index (κ3) is 3.51. The molecular formula is C18H24N6O. The van der Waals surface area contributed by atoms with Crippen molar-refractivity contribution < 1.29 is 4.42 Å². The second kappa shape index (κ2) is 6.84. The number of aromatic nitrogens is 5. The number of furan rings is 1. The van der Waals surface area contributed by atoms with E-state index >= 15 is 0 Å². The average Bonchev–Trinajstić information content (AvgIpc) is 3.33. The Morgan fingerprint density at radius 1 is 1.24 bits per heavy atom. The van der Waals surface area contributed by atoms with Crippen molar-refractivity contribution in [2.24, 2.45) is 7.05 Å². The van der Waals surface area contributed by atoms with E-state index in [1.807, 2.05) is 30.1 Å². The molecule has 0 aromatic carbocycles. The molecule has 1 aliphatic heterocycles. The second-order valence-corrected chi connectivity index (χ2v) is 6.86. The van der Waals surface area contributed by atoms with Gasteiger partial charge in [0.2, 0.25) is 0 Å². The van der Waals surface area contributed by atoms with Crippen molar-refractivity contribution in [2.45, 2.75) is 38.8 Å². The maximum Gasteiger partial charge on any atom is 0.152 e. The maximum absolute atomic E-state index is 5.73. The monoisotopic (exact) mass is 340 g/mol. The van der Waals surface area contributed by atoms with Crippen LogP contribution in [0.5, 0.6) is 0 Å². The Morgan fingerprint density at radius 2 is 2.16 bits per heavy atom. The Kier molecular flexibility index (Phi) is 4.40. The minimum atomic E-state index is 0.416. The third-order valence-corrected chi connectivity index (χ3v) is 4.93. The van der Waals surface area contributed by atoms with Gasteiger partial charge in [-0.25, -0.2) is 4.98 Å². The largest absolute Gasteiger partial charge is 0.465 e. The van der Waals surface area contributed by atoms with E-state index in [4.69, 9.17) is 4.42 Å². The van der Waals surface area contributed by atoms with E-state index in [9.17, 15) is 0 Å². The van der Waals surface area contributed by atoms with Crippen molar-refractivity contribution in [1.29, 1.82) is 0 Å². The first-order valence-corrected chi connectivity index (χ1v) is 8.80. The smallest absolute Gasteiger partial charge is 0.152 e. The number of piperidine rings is 1. The Labute approximate surface area is 147 Å². The zero-order valence-corrected chi connectivity index (χ0v) is 14.8. The molecule has 25 heavy (non-hydrogen) atoms. The van der Waals surface area contributed by atoms with Gasteiger partial charge in [-0.2, -0.15) is 0 Å². The van der Waals surface area contributed by atoms with Crippen molar-refractivity contribution in [1.82, 2.24) is 29.2 Å². The SMILES string of the molecule is Cc1ccc(CN2CCC[C@@H](c3nnc(Cn4ccnc4)n3C)C2)o1. The number of likely N-dealkylation sites (tertiary alicyclic amines) is 1. The van der Waals surface area contributed by atoms with Crippen molar-refractivity contribution in [2.75, 3.05) is 13.1 Å². The molecular weight excluding hydrogens is 316 g/mol. The van der Waals surface area contributed by atoms with Gasteiger partial charge in [-0.15, -0.1) is 10.2 Å². The molecule has 132 valence electrons. The molecule has 7 nitrogen and oxygen atoms in total. The molecule has 0 spiro atoms. The van der Waals surface area contributed by atoms with E-state index < -0.39 is 0 Å². The van der Waals surface area contributed by atoms with Gasteiger partial charge in [0.15, 0.2) is 5.82 Å². The molecule has 0 aliphatic carbocycles. The number of rotatable bonds is 5. The lowest BCUT2D eigenvalue weighted by Crippen LogP contribution is -2.34. The first-order valence-electron chi connectivity index (χ1n) is 8.80. The zero-order chi connectivity index (χ0) is 17.2. The maximum atomic E-state index is 5.73. The van der Waals surface area contributed by atoms with Gasteiger partial charge < -0.3 is 13.6 Å². The van der Waals surface area contributed by atoms with Crippen LogP contribution in [0, 0.1) is 6.92 Å². The Hall–Kier alpha value is -2.41. The van der Waals surface area contributed by atoms with Gasteiger partial charge >= 0.3 is 0 Å². The molecule has 1 fully saturated rings. The van der Waals surface area contributed by atoms with Crippen LogP contribution >= 0.6 is 0 Å². The van der Waals surface area contributed by atoms with Gasteiger partial charge in [-0.05, 0) is 38.4 Å². The minimum Gasteiger partial charge on any atom is -0.465 e. The van der Waals surface area contributed by atoms with Crippen molar-refractivity contribution >= 4 is 0 Å². The standard InChI is InChI=1S/C18H24N6O/c1-14-5-6-16(25-14)11-23-8-3-4-15(10-23)18-21-20-17(22(18)2)12-24-9-7-19-13-24/h5-7,9,13,15H,3-4,8,10-12H2,1-2H3/t15-/m1/s1. The van der Waals surface area contributed by atoms with Gasteiger partial charge in [0.05, 0.1) is 19.4 Å². The van der Waals surface area contributed by atoms with Crippen LogP contribution in [0.25, 0.3) is 0 Å². The molecule has 4 rings (SSSR count). The fraction of sp³-hybridized carbons (Fsp3) is 0.500. The predicted molar refractivity (Wildman–Crippen MR) is 93.0 cm³/mol. The lowest BCUT2D eigenvalue weighted by Gasteiger charge is -2.31. The fourth-order valence-electron chi connectivity index (χ4n) is 3.61. The van der Waals surface area contributed by atoms with E-state index in [1.54, 1.807) is 6.20 Å². The summed E-state index contributed by atoms with van der Waals surface area (Å²) < 4.78 is 9.89. The molecule has 0 N–H and O–H groups in total. The summed E-state index contributed by atoms with van der Waals surface area (Å²) in [6.07, 6.45) is 7.87. The van der Waals surface area contributed by atoms with E-state index in [2.05, 4.69) is 37.8 Å². The first kappa shape index (κ1) is 16.1. The highest BCUT2D eigenvalue weighted by Crippen LogP contribution is 2.27. The topological polar surface area (TPSA) is 64.9 Å². The summed E-state index contributed by atoms with van der Waals surface area (Å²) in [5, 5.41) is 8.90. The van der Waals surface area contributed by atoms with Crippen LogP contribution in [-0.2, 0) is 20.1 Å². The van der Waals surface area contributed by atoms with Gasteiger partial charge in [0.1, 0.15) is 17.3 Å². The molecule has 7 heteroatoms. The van der Waals surface area contributed by atoms with Crippen LogP contribution in [-0.4, -0.2) is 42.3 Å². The van der Waals surface area contributed by atoms with E-state index in [-0.39, 0.29) is 0 Å². The molecule has 1 aliphatic rings. The molecule has 0 unspecified atom stereocenters. The summed E-state index contributed by atoms with van der Waals surface area (Å²) >= 11 is 0. The predicted octanol–water partition coefficient (Wildman–Crippen LogP) is 2.34. The number of imidazole rings is 1. The first-order chi connectivity index (χ1) is 12.2. The number of nitrogens with zero attached hydrogens (tertiary/aromatic N) is 6. The van der Waals surface area contributed by atoms with Crippen molar-refractivity contribution in [3.8, 4) is 0 Å². The molecule has 0 amide bonds. The second-order valence-electron chi connectivity index (χ2n) is 6.86. The van der Waals surface area contributed by atoms with E-state index in [0.29, 0.717) is 12.5 Å². The normalized spacial score (nSPS) is 18.7. The van der Waals surface area contributed by atoms with Crippen LogP contribution in [0.1, 0.15) is 41.9 Å². The van der Waals surface area contributed by atoms with Gasteiger partial charge in [0.25, 0.3) is 0 Å². The van der Waals surface area contributed by atoms with Gasteiger partial charge in [-0.3, -0.25) is 4.90 Å². The number of hydrogen-bond donors (Lipinski definition) is 0. The van der Waals surface area contributed by atoms with E-state index in [1.165, 1.54) is 6.42 Å². The van der Waals surface area contributed by atoms with Crippen LogP contribution in [0.4, 0.5) is 0 Å². The molecule has 3 aromatic heterocycles. The lowest BCUT2D eigenvalue weighted by atomic mass is 9.97. The Morgan fingerprint density at radius 3 is 2.92 bits per heavy atom. The highest BCUT2D eigenvalue weighted by Gasteiger charge is 2.26. The molecule has 0 saturated carbocycles. The summed E-state index contributed by atoms with van der Waals surface area (Å²) in [4.78, 5) is 6.54. The summed E-state index contributed by atoms with van der Waals surface area (Å²) in [7, 11) is 2.07. The zero-order valence-electron chi connectivity index (χ0n) is 14.8. The number of hydrogen-bond acceptors (Lipinski definition) is 5. The van der Waals surface area contributed by atoms with Crippen LogP contribution < -0.4 is 0 Å². The number of aryl methyl sites for hydroxylation is 1. The van der Waals surface area contributed by atoms with Crippen molar-refractivity contribution in [3.05, 3.63) is 54.0 Å². The van der Waals surface area contributed by atoms with Crippen LogP contribution in [0.2, 0.25) is 0 Å². The summed E-state index contributed by atoms with van der Waals surface area (Å²) in [6, 6.07) is 4.10. The molecule has 1 atom stereocenters. The fourth-order valence-corrected chi connectivity index (χ4v) is 3.61. The van der Waals surface area contributed by atoms with Gasteiger partial charge in [0, 0.05) is 31.9 Å². The molecule has 0 radical (unpaired) electrons. The molecule has 0 bridgehead atoms. The Balaban J connectivity index is 1.45. The Bertz CT molecular complexity index is 819. The van der Waals surface area contributed by atoms with E-state index in [0.717, 1.165) is 49.2 Å². The van der Waals surface area contributed by atoms with Gasteiger partial charge in [-0.1, -0.05) is 0 Å². The summed E-state index contributed by atoms with van der Waals surface area (Å²) in [5.74, 6) is 4.47. The molecule has 1 saturated heterocycles. The van der Waals surface area contributed by atoms with Crippen LogP contribution in [0.15, 0.2) is 35.3 Å². The molecule has 4 heterocycles. The lowest BCUT2D eigenvalue weighted by molar-refractivity contribution is 0.181.